The van der Waals surface area contributed by atoms with Crippen molar-refractivity contribution in [2.45, 2.75) is 20.3 Å². The Morgan fingerprint density at radius 3 is 2.50 bits per heavy atom. The van der Waals surface area contributed by atoms with Crippen LogP contribution in [0, 0.1) is 5.92 Å². The van der Waals surface area contributed by atoms with Crippen molar-refractivity contribution < 1.29 is 24.2 Å². The van der Waals surface area contributed by atoms with Gasteiger partial charge in [-0.2, -0.15) is 0 Å². The summed E-state index contributed by atoms with van der Waals surface area (Å²) in [4.78, 5) is 21.9. The highest BCUT2D eigenvalue weighted by Crippen LogP contribution is 2.13. The predicted octanol–water partition coefficient (Wildman–Crippen LogP) is 1.48. The average Bonchev–Trinajstić information content (AvgIpc) is 2.45. The molecule has 2 N–H and O–H groups in total. The number of carboxylic acids is 1. The topological polar surface area (TPSA) is 84.9 Å². The van der Waals surface area contributed by atoms with Crippen molar-refractivity contribution in [1.82, 2.24) is 5.32 Å². The van der Waals surface area contributed by atoms with Crippen LogP contribution in [0.5, 0.6) is 5.75 Å². The summed E-state index contributed by atoms with van der Waals surface area (Å²) in [6.07, 6.45) is 0.267. The number of carboxylic acid groups (broad SMARTS) is 1. The molecule has 6 nitrogen and oxygen atoms in total. The number of carbonyl (C=O) groups excluding carboxylic acids is 1. The Labute approximate surface area is 130 Å². The van der Waals surface area contributed by atoms with Crippen molar-refractivity contribution in [1.29, 1.82) is 0 Å². The van der Waals surface area contributed by atoms with E-state index in [1.165, 1.54) is 0 Å². The van der Waals surface area contributed by atoms with Crippen molar-refractivity contribution in [3.8, 4) is 5.75 Å². The van der Waals surface area contributed by atoms with Crippen LogP contribution in [0.1, 0.15) is 19.4 Å². The molecule has 0 atom stereocenters. The Hall–Kier alpha value is -2.08. The van der Waals surface area contributed by atoms with E-state index in [0.717, 1.165) is 11.3 Å². The molecule has 122 valence electrons. The summed E-state index contributed by atoms with van der Waals surface area (Å²) < 4.78 is 10.4. The monoisotopic (exact) mass is 309 g/mol. The van der Waals surface area contributed by atoms with Gasteiger partial charge < -0.3 is 19.9 Å². The van der Waals surface area contributed by atoms with Gasteiger partial charge in [-0.05, 0) is 23.6 Å². The molecule has 0 heterocycles. The molecule has 1 amide bonds. The molecule has 0 bridgehead atoms. The lowest BCUT2D eigenvalue weighted by atomic mass is 10.1. The fourth-order valence-corrected chi connectivity index (χ4v) is 1.64. The van der Waals surface area contributed by atoms with Gasteiger partial charge in [0.1, 0.15) is 12.4 Å². The van der Waals surface area contributed by atoms with E-state index in [-0.39, 0.29) is 25.5 Å². The van der Waals surface area contributed by atoms with E-state index in [1.54, 1.807) is 0 Å². The second-order valence-electron chi connectivity index (χ2n) is 5.32. The van der Waals surface area contributed by atoms with Crippen molar-refractivity contribution in [2.75, 3.05) is 26.4 Å². The van der Waals surface area contributed by atoms with Crippen LogP contribution in [-0.4, -0.2) is 43.3 Å². The maximum atomic E-state index is 11.7. The van der Waals surface area contributed by atoms with Gasteiger partial charge >= 0.3 is 5.97 Å². The van der Waals surface area contributed by atoms with E-state index < -0.39 is 5.97 Å². The number of aliphatic carboxylic acids is 1. The number of hydrogen-bond acceptors (Lipinski definition) is 4. The molecule has 0 unspecified atom stereocenters. The quantitative estimate of drug-likeness (QED) is 0.640. The van der Waals surface area contributed by atoms with Gasteiger partial charge in [0.15, 0.2) is 0 Å². The minimum Gasteiger partial charge on any atom is -0.493 e. The number of ether oxygens (including phenoxy) is 2. The summed E-state index contributed by atoms with van der Waals surface area (Å²) in [6, 6.07) is 7.41. The maximum Gasteiger partial charge on any atom is 0.329 e. The molecule has 0 radical (unpaired) electrons. The molecule has 0 aliphatic carbocycles. The molecule has 6 heteroatoms. The molecular weight excluding hydrogens is 286 g/mol. The number of carbonyl (C=O) groups is 2. The Morgan fingerprint density at radius 1 is 1.23 bits per heavy atom. The zero-order valence-electron chi connectivity index (χ0n) is 13.0. The van der Waals surface area contributed by atoms with Crippen LogP contribution in [0.15, 0.2) is 24.3 Å². The third kappa shape index (κ3) is 8.26. The van der Waals surface area contributed by atoms with E-state index in [4.69, 9.17) is 14.6 Å². The summed E-state index contributed by atoms with van der Waals surface area (Å²) >= 11 is 0. The van der Waals surface area contributed by atoms with Crippen molar-refractivity contribution in [2.24, 2.45) is 5.92 Å². The fourth-order valence-electron chi connectivity index (χ4n) is 1.64. The van der Waals surface area contributed by atoms with Crippen LogP contribution < -0.4 is 10.1 Å². The van der Waals surface area contributed by atoms with Crippen LogP contribution in [0.4, 0.5) is 0 Å². The van der Waals surface area contributed by atoms with E-state index in [9.17, 15) is 9.59 Å². The largest absolute Gasteiger partial charge is 0.493 e. The van der Waals surface area contributed by atoms with Crippen molar-refractivity contribution in [3.63, 3.8) is 0 Å². The van der Waals surface area contributed by atoms with E-state index in [2.05, 4.69) is 19.2 Å². The summed E-state index contributed by atoms with van der Waals surface area (Å²) in [5.41, 5.74) is 0.890. The Bertz CT molecular complexity index is 470. The first kappa shape index (κ1) is 18.0. The second-order valence-corrected chi connectivity index (χ2v) is 5.32. The molecule has 0 aromatic heterocycles. The van der Waals surface area contributed by atoms with Gasteiger partial charge in [-0.1, -0.05) is 26.0 Å². The molecule has 0 saturated carbocycles. The van der Waals surface area contributed by atoms with Crippen LogP contribution in [0.25, 0.3) is 0 Å². The molecule has 22 heavy (non-hydrogen) atoms. The number of rotatable bonds is 10. The summed E-state index contributed by atoms with van der Waals surface area (Å²) in [5, 5.41) is 11.1. The molecular formula is C16H23NO5. The number of hydrogen-bond donors (Lipinski definition) is 2. The van der Waals surface area contributed by atoms with Crippen LogP contribution >= 0.6 is 0 Å². The van der Waals surface area contributed by atoms with Crippen LogP contribution in [-0.2, 0) is 20.7 Å². The number of benzene rings is 1. The van der Waals surface area contributed by atoms with Gasteiger partial charge in [-0.3, -0.25) is 4.79 Å². The summed E-state index contributed by atoms with van der Waals surface area (Å²) in [6.45, 7) is 4.95. The van der Waals surface area contributed by atoms with E-state index in [1.807, 2.05) is 24.3 Å². The zero-order valence-corrected chi connectivity index (χ0v) is 13.0. The van der Waals surface area contributed by atoms with Gasteiger partial charge in [0.05, 0.1) is 19.6 Å². The first-order valence-electron chi connectivity index (χ1n) is 7.25. The average molecular weight is 309 g/mol. The molecule has 1 aromatic carbocycles. The van der Waals surface area contributed by atoms with E-state index >= 15 is 0 Å². The predicted molar refractivity (Wildman–Crippen MR) is 81.9 cm³/mol. The van der Waals surface area contributed by atoms with Crippen molar-refractivity contribution >= 4 is 11.9 Å². The zero-order chi connectivity index (χ0) is 16.4. The highest BCUT2D eigenvalue weighted by molar-refractivity contribution is 5.78. The Balaban J connectivity index is 2.25. The second kappa shape index (κ2) is 9.78. The third-order valence-electron chi connectivity index (χ3n) is 2.67. The smallest absolute Gasteiger partial charge is 0.329 e. The molecule has 1 aromatic rings. The normalized spacial score (nSPS) is 10.5. The fraction of sp³-hybridized carbons (Fsp3) is 0.500. The van der Waals surface area contributed by atoms with Crippen molar-refractivity contribution in [3.05, 3.63) is 29.8 Å². The lowest BCUT2D eigenvalue weighted by molar-refractivity contribution is -0.142. The first-order chi connectivity index (χ1) is 10.5. The van der Waals surface area contributed by atoms with E-state index in [0.29, 0.717) is 19.1 Å². The van der Waals surface area contributed by atoms with Gasteiger partial charge in [-0.25, -0.2) is 4.79 Å². The number of amides is 1. The van der Waals surface area contributed by atoms with Gasteiger partial charge in [0.25, 0.3) is 0 Å². The maximum absolute atomic E-state index is 11.7. The minimum atomic E-state index is -1.02. The highest BCUT2D eigenvalue weighted by atomic mass is 16.5. The van der Waals surface area contributed by atoms with Gasteiger partial charge in [0, 0.05) is 6.54 Å². The van der Waals surface area contributed by atoms with Gasteiger partial charge in [0.2, 0.25) is 5.91 Å². The molecule has 0 aliphatic rings. The van der Waals surface area contributed by atoms with Gasteiger partial charge in [-0.15, -0.1) is 0 Å². The van der Waals surface area contributed by atoms with Crippen LogP contribution in [0.3, 0.4) is 0 Å². The van der Waals surface area contributed by atoms with Crippen LogP contribution in [0.2, 0.25) is 0 Å². The Morgan fingerprint density at radius 2 is 1.91 bits per heavy atom. The minimum absolute atomic E-state index is 0.130. The molecule has 1 rings (SSSR count). The molecule has 0 fully saturated rings. The highest BCUT2D eigenvalue weighted by Gasteiger charge is 2.04. The number of nitrogens with one attached hydrogen (secondary N) is 1. The lowest BCUT2D eigenvalue weighted by Crippen LogP contribution is -2.29. The molecule has 0 aliphatic heterocycles. The summed E-state index contributed by atoms with van der Waals surface area (Å²) in [5.74, 6) is 0.106. The standard InChI is InChI=1S/C16H23NO5/c1-12(2)10-22-14-5-3-13(4-6-14)9-15(18)17-7-8-21-11-16(19)20/h3-6,12H,7-11H2,1-2H3,(H,17,18)(H,19,20). The molecule has 0 spiro atoms. The SMILES string of the molecule is CC(C)COc1ccc(CC(=O)NCCOCC(=O)O)cc1. The Kier molecular flexibility index (Phi) is 7.99. The third-order valence-corrected chi connectivity index (χ3v) is 2.67. The lowest BCUT2D eigenvalue weighted by Gasteiger charge is -2.09. The molecule has 0 saturated heterocycles. The summed E-state index contributed by atoms with van der Waals surface area (Å²) in [7, 11) is 0. The first-order valence-corrected chi connectivity index (χ1v) is 7.25.